The maximum atomic E-state index is 13.1. The first-order chi connectivity index (χ1) is 12.0. The molecule has 1 atom stereocenters. The van der Waals surface area contributed by atoms with E-state index in [4.69, 9.17) is 0 Å². The number of hydrogen-bond donors (Lipinski definition) is 1. The zero-order valence-electron chi connectivity index (χ0n) is 14.4. The van der Waals surface area contributed by atoms with Crippen molar-refractivity contribution in [2.24, 2.45) is 5.41 Å². The molecule has 4 nitrogen and oxygen atoms in total. The van der Waals surface area contributed by atoms with E-state index in [-0.39, 0.29) is 18.3 Å². The van der Waals surface area contributed by atoms with Crippen LogP contribution in [0.3, 0.4) is 0 Å². The number of amides is 1. The lowest BCUT2D eigenvalue weighted by Gasteiger charge is -2.42. The van der Waals surface area contributed by atoms with E-state index < -0.39 is 5.41 Å². The molecule has 1 fully saturated rings. The van der Waals surface area contributed by atoms with E-state index in [2.05, 4.69) is 4.98 Å². The molecule has 1 N–H and O–H groups in total. The van der Waals surface area contributed by atoms with Gasteiger partial charge >= 0.3 is 0 Å². The van der Waals surface area contributed by atoms with Gasteiger partial charge in [-0.1, -0.05) is 18.2 Å². The summed E-state index contributed by atoms with van der Waals surface area (Å²) in [4.78, 5) is 18.9. The van der Waals surface area contributed by atoms with Crippen molar-refractivity contribution in [3.8, 4) is 0 Å². The molecule has 1 amide bonds. The van der Waals surface area contributed by atoms with Crippen molar-refractivity contribution in [3.05, 3.63) is 65.2 Å². The highest BCUT2D eigenvalue weighted by Crippen LogP contribution is 2.34. The fraction of sp³-hybridized carbons (Fsp3) is 0.400. The summed E-state index contributed by atoms with van der Waals surface area (Å²) in [5.41, 5.74) is 1.83. The van der Waals surface area contributed by atoms with Crippen LogP contribution in [0.15, 0.2) is 42.5 Å². The number of carbonyl (C=O) groups is 1. The van der Waals surface area contributed by atoms with Crippen LogP contribution in [-0.2, 0) is 6.42 Å². The largest absolute Gasteiger partial charge is 0.396 e. The van der Waals surface area contributed by atoms with Crippen LogP contribution in [0.1, 0.15) is 34.6 Å². The molecule has 0 spiro atoms. The van der Waals surface area contributed by atoms with E-state index >= 15 is 0 Å². The minimum absolute atomic E-state index is 0.00456. The average molecular weight is 342 g/mol. The fourth-order valence-electron chi connectivity index (χ4n) is 3.57. The summed E-state index contributed by atoms with van der Waals surface area (Å²) in [6.45, 7) is 3.00. The van der Waals surface area contributed by atoms with E-state index in [0.29, 0.717) is 25.2 Å². The number of likely N-dealkylation sites (tertiary alicyclic amines) is 1. The van der Waals surface area contributed by atoms with Crippen LogP contribution < -0.4 is 0 Å². The molecule has 1 aromatic carbocycles. The second-order valence-electron chi connectivity index (χ2n) is 6.96. The van der Waals surface area contributed by atoms with Gasteiger partial charge in [-0.15, -0.1) is 0 Å². The Balaban J connectivity index is 1.77. The van der Waals surface area contributed by atoms with Crippen LogP contribution >= 0.6 is 0 Å². The molecule has 1 saturated heterocycles. The molecule has 1 aliphatic rings. The Morgan fingerprint density at radius 3 is 2.72 bits per heavy atom. The molecule has 3 rings (SSSR count). The highest BCUT2D eigenvalue weighted by atomic mass is 19.1. The van der Waals surface area contributed by atoms with Gasteiger partial charge in [-0.05, 0) is 56.0 Å². The van der Waals surface area contributed by atoms with E-state index in [1.165, 1.54) is 12.1 Å². The SMILES string of the molecule is Cc1cccc(C(=O)N2CCCC(CO)(Cc3ccc(F)cc3)C2)n1. The molecule has 1 aromatic heterocycles. The number of carbonyl (C=O) groups excluding carboxylic acids is 1. The lowest BCUT2D eigenvalue weighted by Crippen LogP contribution is -2.49. The number of halogens is 1. The van der Waals surface area contributed by atoms with Crippen LogP contribution in [0.4, 0.5) is 4.39 Å². The third kappa shape index (κ3) is 4.04. The van der Waals surface area contributed by atoms with Crippen molar-refractivity contribution >= 4 is 5.91 Å². The van der Waals surface area contributed by atoms with Gasteiger partial charge in [0.05, 0.1) is 6.61 Å². The van der Waals surface area contributed by atoms with Gasteiger partial charge in [0.15, 0.2) is 0 Å². The second kappa shape index (κ2) is 7.31. The Bertz CT molecular complexity index is 748. The predicted octanol–water partition coefficient (Wildman–Crippen LogP) is 2.99. The molecule has 25 heavy (non-hydrogen) atoms. The van der Waals surface area contributed by atoms with Crippen molar-refractivity contribution in [2.75, 3.05) is 19.7 Å². The fourth-order valence-corrected chi connectivity index (χ4v) is 3.57. The number of hydrogen-bond acceptors (Lipinski definition) is 3. The van der Waals surface area contributed by atoms with E-state index in [1.54, 1.807) is 23.1 Å². The normalized spacial score (nSPS) is 20.5. The molecule has 0 bridgehead atoms. The third-order valence-electron chi connectivity index (χ3n) is 4.88. The standard InChI is InChI=1S/C20H23FN2O2/c1-15-4-2-5-18(22-15)19(25)23-11-3-10-20(13-23,14-24)12-16-6-8-17(21)9-7-16/h2,4-9,24H,3,10-14H2,1H3. The van der Waals surface area contributed by atoms with Crippen LogP contribution in [0.25, 0.3) is 0 Å². The number of rotatable bonds is 4. The predicted molar refractivity (Wildman–Crippen MR) is 93.7 cm³/mol. The summed E-state index contributed by atoms with van der Waals surface area (Å²) < 4.78 is 13.1. The molecule has 1 unspecified atom stereocenters. The highest BCUT2D eigenvalue weighted by Gasteiger charge is 2.37. The summed E-state index contributed by atoms with van der Waals surface area (Å²) in [6, 6.07) is 11.8. The molecular formula is C20H23FN2O2. The van der Waals surface area contributed by atoms with Gasteiger partial charge in [-0.3, -0.25) is 4.79 Å². The van der Waals surface area contributed by atoms with Crippen LogP contribution in [0.5, 0.6) is 0 Å². The van der Waals surface area contributed by atoms with Crippen LogP contribution in [0.2, 0.25) is 0 Å². The lowest BCUT2D eigenvalue weighted by atomic mass is 9.75. The molecule has 132 valence electrons. The van der Waals surface area contributed by atoms with Crippen molar-refractivity contribution < 1.29 is 14.3 Å². The monoisotopic (exact) mass is 342 g/mol. The summed E-state index contributed by atoms with van der Waals surface area (Å²) in [7, 11) is 0. The topological polar surface area (TPSA) is 53.4 Å². The Kier molecular flexibility index (Phi) is 5.13. The number of pyridine rings is 1. The van der Waals surface area contributed by atoms with Gasteiger partial charge in [-0.25, -0.2) is 9.37 Å². The lowest BCUT2D eigenvalue weighted by molar-refractivity contribution is 0.0268. The number of nitrogens with zero attached hydrogens (tertiary/aromatic N) is 2. The minimum atomic E-state index is -0.393. The second-order valence-corrected chi connectivity index (χ2v) is 6.96. The van der Waals surface area contributed by atoms with E-state index in [1.807, 2.05) is 19.1 Å². The van der Waals surface area contributed by atoms with Crippen molar-refractivity contribution in [3.63, 3.8) is 0 Å². The molecule has 0 aliphatic carbocycles. The summed E-state index contributed by atoms with van der Waals surface area (Å²) >= 11 is 0. The number of aliphatic hydroxyl groups is 1. The van der Waals surface area contributed by atoms with Gasteiger partial charge in [-0.2, -0.15) is 0 Å². The Morgan fingerprint density at radius 1 is 1.28 bits per heavy atom. The first-order valence-electron chi connectivity index (χ1n) is 8.60. The van der Waals surface area contributed by atoms with Gasteiger partial charge in [0.25, 0.3) is 5.91 Å². The number of aryl methyl sites for hydroxylation is 1. The molecule has 0 saturated carbocycles. The van der Waals surface area contributed by atoms with Crippen molar-refractivity contribution in [1.82, 2.24) is 9.88 Å². The van der Waals surface area contributed by atoms with E-state index in [9.17, 15) is 14.3 Å². The smallest absolute Gasteiger partial charge is 0.272 e. The Labute approximate surface area is 147 Å². The van der Waals surface area contributed by atoms with Crippen LogP contribution in [0, 0.1) is 18.2 Å². The summed E-state index contributed by atoms with van der Waals surface area (Å²) in [5, 5.41) is 10.0. The molecule has 5 heteroatoms. The molecule has 1 aliphatic heterocycles. The number of piperidine rings is 1. The van der Waals surface area contributed by atoms with Crippen molar-refractivity contribution in [1.29, 1.82) is 0 Å². The number of benzene rings is 1. The Morgan fingerprint density at radius 2 is 2.04 bits per heavy atom. The third-order valence-corrected chi connectivity index (χ3v) is 4.88. The van der Waals surface area contributed by atoms with Gasteiger partial charge in [0.2, 0.25) is 0 Å². The van der Waals surface area contributed by atoms with Gasteiger partial charge in [0.1, 0.15) is 11.5 Å². The summed E-state index contributed by atoms with van der Waals surface area (Å²) in [6.07, 6.45) is 2.29. The van der Waals surface area contributed by atoms with Crippen molar-refractivity contribution in [2.45, 2.75) is 26.2 Å². The first-order valence-corrected chi connectivity index (χ1v) is 8.60. The highest BCUT2D eigenvalue weighted by molar-refractivity contribution is 5.92. The molecule has 0 radical (unpaired) electrons. The first kappa shape index (κ1) is 17.5. The van der Waals surface area contributed by atoms with Gasteiger partial charge in [0, 0.05) is 24.2 Å². The molecular weight excluding hydrogens is 319 g/mol. The summed E-state index contributed by atoms with van der Waals surface area (Å²) in [5.74, 6) is -0.368. The molecule has 2 heterocycles. The average Bonchev–Trinajstić information content (AvgIpc) is 2.63. The number of aromatic nitrogens is 1. The van der Waals surface area contributed by atoms with Gasteiger partial charge < -0.3 is 10.0 Å². The van der Waals surface area contributed by atoms with Crippen LogP contribution in [-0.4, -0.2) is 40.6 Å². The van der Waals surface area contributed by atoms with E-state index in [0.717, 1.165) is 24.1 Å². The molecule has 2 aromatic rings. The zero-order chi connectivity index (χ0) is 17.9. The maximum absolute atomic E-state index is 13.1. The Hall–Kier alpha value is -2.27. The minimum Gasteiger partial charge on any atom is -0.396 e. The maximum Gasteiger partial charge on any atom is 0.272 e. The number of aliphatic hydroxyl groups excluding tert-OH is 1. The quantitative estimate of drug-likeness (QED) is 0.929. The zero-order valence-corrected chi connectivity index (χ0v) is 14.4.